The molecule has 0 bridgehead atoms. The van der Waals surface area contributed by atoms with Gasteiger partial charge in [-0.3, -0.25) is 4.79 Å². The number of carbonyl (C=O) groups is 1. The SMILES string of the molecule is O=C1C[C@](O)(COCc2ccccc2)[C@@H](OCc2ccccc2)C[C@@H]1OCc1ccccc1. The Morgan fingerprint density at radius 1 is 0.727 bits per heavy atom. The summed E-state index contributed by atoms with van der Waals surface area (Å²) in [5, 5.41) is 11.4. The summed E-state index contributed by atoms with van der Waals surface area (Å²) >= 11 is 0. The van der Waals surface area contributed by atoms with E-state index < -0.39 is 17.8 Å². The average Bonchev–Trinajstić information content (AvgIpc) is 2.85. The molecule has 0 amide bonds. The molecule has 5 nitrogen and oxygen atoms in total. The van der Waals surface area contributed by atoms with Crippen LogP contribution in [0.2, 0.25) is 0 Å². The first-order valence-electron chi connectivity index (χ1n) is 11.3. The molecule has 0 heterocycles. The molecule has 1 saturated carbocycles. The molecule has 3 aromatic carbocycles. The molecule has 172 valence electrons. The van der Waals surface area contributed by atoms with Gasteiger partial charge in [-0.2, -0.15) is 0 Å². The molecule has 0 saturated heterocycles. The number of hydrogen-bond donors (Lipinski definition) is 1. The maximum absolute atomic E-state index is 12.9. The van der Waals surface area contributed by atoms with Crippen molar-refractivity contribution in [2.45, 2.75) is 50.5 Å². The van der Waals surface area contributed by atoms with Crippen molar-refractivity contribution in [3.05, 3.63) is 108 Å². The lowest BCUT2D eigenvalue weighted by molar-refractivity contribution is -0.192. The van der Waals surface area contributed by atoms with Crippen molar-refractivity contribution in [3.8, 4) is 0 Å². The third kappa shape index (κ3) is 6.59. The lowest BCUT2D eigenvalue weighted by Crippen LogP contribution is -2.56. The Balaban J connectivity index is 1.42. The molecule has 0 aromatic heterocycles. The smallest absolute Gasteiger partial charge is 0.164 e. The van der Waals surface area contributed by atoms with Gasteiger partial charge in [0.25, 0.3) is 0 Å². The molecule has 1 aliphatic carbocycles. The molecule has 4 rings (SSSR count). The highest BCUT2D eigenvalue weighted by Crippen LogP contribution is 2.32. The molecule has 3 atom stereocenters. The fourth-order valence-electron chi connectivity index (χ4n) is 4.06. The second-order valence-electron chi connectivity index (χ2n) is 8.53. The highest BCUT2D eigenvalue weighted by atomic mass is 16.5. The van der Waals surface area contributed by atoms with Crippen LogP contribution in [0, 0.1) is 0 Å². The summed E-state index contributed by atoms with van der Waals surface area (Å²) in [6.07, 6.45) is -1.00. The van der Waals surface area contributed by atoms with E-state index in [4.69, 9.17) is 14.2 Å². The number of hydrogen-bond acceptors (Lipinski definition) is 5. The third-order valence-electron chi connectivity index (χ3n) is 5.92. The Labute approximate surface area is 194 Å². The van der Waals surface area contributed by atoms with Crippen LogP contribution in [0.3, 0.4) is 0 Å². The molecule has 0 radical (unpaired) electrons. The first-order valence-corrected chi connectivity index (χ1v) is 11.3. The Morgan fingerprint density at radius 2 is 1.21 bits per heavy atom. The number of aliphatic hydroxyl groups is 1. The van der Waals surface area contributed by atoms with Crippen LogP contribution in [-0.2, 0) is 38.8 Å². The lowest BCUT2D eigenvalue weighted by atomic mass is 9.80. The van der Waals surface area contributed by atoms with Gasteiger partial charge in [0.05, 0.1) is 32.5 Å². The quantitative estimate of drug-likeness (QED) is 0.498. The fourth-order valence-corrected chi connectivity index (χ4v) is 4.06. The van der Waals surface area contributed by atoms with Gasteiger partial charge >= 0.3 is 0 Å². The van der Waals surface area contributed by atoms with E-state index in [1.807, 2.05) is 91.0 Å². The van der Waals surface area contributed by atoms with E-state index in [0.29, 0.717) is 19.8 Å². The molecule has 0 aliphatic heterocycles. The van der Waals surface area contributed by atoms with Crippen LogP contribution < -0.4 is 0 Å². The molecular weight excluding hydrogens is 416 g/mol. The first-order chi connectivity index (χ1) is 16.1. The molecular formula is C28H30O5. The molecule has 5 heteroatoms. The minimum Gasteiger partial charge on any atom is -0.384 e. The monoisotopic (exact) mass is 446 g/mol. The number of Topliss-reactive ketones (excluding diaryl/α,β-unsaturated/α-hetero) is 1. The molecule has 1 aliphatic rings. The van der Waals surface area contributed by atoms with Gasteiger partial charge in [0.2, 0.25) is 0 Å². The van der Waals surface area contributed by atoms with E-state index in [-0.39, 0.29) is 25.2 Å². The van der Waals surface area contributed by atoms with Crippen LogP contribution >= 0.6 is 0 Å². The van der Waals surface area contributed by atoms with Crippen LogP contribution in [0.4, 0.5) is 0 Å². The van der Waals surface area contributed by atoms with Crippen LogP contribution in [-0.4, -0.2) is 35.3 Å². The fraction of sp³-hybridized carbons (Fsp3) is 0.321. The lowest BCUT2D eigenvalue weighted by Gasteiger charge is -2.41. The second-order valence-corrected chi connectivity index (χ2v) is 8.53. The zero-order valence-corrected chi connectivity index (χ0v) is 18.6. The van der Waals surface area contributed by atoms with Crippen molar-refractivity contribution in [1.29, 1.82) is 0 Å². The number of ketones is 1. The summed E-state index contributed by atoms with van der Waals surface area (Å²) in [6, 6.07) is 29.3. The van der Waals surface area contributed by atoms with Gasteiger partial charge in [-0.1, -0.05) is 91.0 Å². The first kappa shape index (κ1) is 23.3. The Morgan fingerprint density at radius 3 is 1.76 bits per heavy atom. The summed E-state index contributed by atoms with van der Waals surface area (Å²) in [6.45, 7) is 1.05. The van der Waals surface area contributed by atoms with Crippen LogP contribution in [0.25, 0.3) is 0 Å². The van der Waals surface area contributed by atoms with Crippen LogP contribution in [0.15, 0.2) is 91.0 Å². The number of benzene rings is 3. The summed E-state index contributed by atoms with van der Waals surface area (Å²) < 4.78 is 17.9. The minimum atomic E-state index is -1.41. The van der Waals surface area contributed by atoms with Crippen molar-refractivity contribution in [1.82, 2.24) is 0 Å². The van der Waals surface area contributed by atoms with Gasteiger partial charge in [0.1, 0.15) is 11.7 Å². The van der Waals surface area contributed by atoms with E-state index in [1.165, 1.54) is 0 Å². The Kier molecular flexibility index (Phi) is 8.02. The second kappa shape index (κ2) is 11.3. The van der Waals surface area contributed by atoms with Crippen LogP contribution in [0.5, 0.6) is 0 Å². The predicted octanol–water partition coefficient (Wildman–Crippen LogP) is 4.47. The molecule has 0 unspecified atom stereocenters. The largest absolute Gasteiger partial charge is 0.384 e. The van der Waals surface area contributed by atoms with E-state index >= 15 is 0 Å². The van der Waals surface area contributed by atoms with Gasteiger partial charge in [0.15, 0.2) is 5.78 Å². The van der Waals surface area contributed by atoms with Crippen LogP contribution in [0.1, 0.15) is 29.5 Å². The van der Waals surface area contributed by atoms with Gasteiger partial charge in [-0.15, -0.1) is 0 Å². The maximum Gasteiger partial charge on any atom is 0.164 e. The predicted molar refractivity (Wildman–Crippen MR) is 125 cm³/mol. The normalized spacial score (nSPS) is 22.9. The summed E-state index contributed by atoms with van der Waals surface area (Å²) in [4.78, 5) is 12.9. The number of ether oxygens (including phenoxy) is 3. The standard InChI is InChI=1S/C28H30O5/c29-25-17-28(30,21-31-18-22-10-4-1-5-11-22)27(33-20-24-14-8-3-9-15-24)16-26(25)32-19-23-12-6-2-7-13-23/h1-15,26-27,30H,16-21H2/t26-,27-,28-/m0/s1. The van der Waals surface area contributed by atoms with Gasteiger partial charge < -0.3 is 19.3 Å². The van der Waals surface area contributed by atoms with Gasteiger partial charge in [-0.05, 0) is 16.7 Å². The van der Waals surface area contributed by atoms with E-state index in [0.717, 1.165) is 16.7 Å². The van der Waals surface area contributed by atoms with E-state index in [9.17, 15) is 9.90 Å². The topological polar surface area (TPSA) is 65.0 Å². The molecule has 0 spiro atoms. The molecule has 3 aromatic rings. The summed E-state index contributed by atoms with van der Waals surface area (Å²) in [5.74, 6) is -0.128. The van der Waals surface area contributed by atoms with E-state index in [1.54, 1.807) is 0 Å². The van der Waals surface area contributed by atoms with Crippen molar-refractivity contribution < 1.29 is 24.1 Å². The van der Waals surface area contributed by atoms with Crippen molar-refractivity contribution in [2.24, 2.45) is 0 Å². The third-order valence-corrected chi connectivity index (χ3v) is 5.92. The zero-order valence-electron chi connectivity index (χ0n) is 18.6. The highest BCUT2D eigenvalue weighted by molar-refractivity contribution is 5.85. The number of rotatable bonds is 10. The van der Waals surface area contributed by atoms with Crippen molar-refractivity contribution >= 4 is 5.78 Å². The summed E-state index contributed by atoms with van der Waals surface area (Å²) in [5.41, 5.74) is 1.60. The van der Waals surface area contributed by atoms with Crippen molar-refractivity contribution in [2.75, 3.05) is 6.61 Å². The van der Waals surface area contributed by atoms with Gasteiger partial charge in [0, 0.05) is 12.8 Å². The van der Waals surface area contributed by atoms with Crippen molar-refractivity contribution in [3.63, 3.8) is 0 Å². The minimum absolute atomic E-state index is 0.0124. The zero-order chi connectivity index (χ0) is 22.9. The van der Waals surface area contributed by atoms with E-state index in [2.05, 4.69) is 0 Å². The molecule has 33 heavy (non-hydrogen) atoms. The maximum atomic E-state index is 12.9. The Hall–Kier alpha value is -2.83. The van der Waals surface area contributed by atoms with Gasteiger partial charge in [-0.25, -0.2) is 0 Å². The molecule has 1 N–H and O–H groups in total. The highest BCUT2D eigenvalue weighted by Gasteiger charge is 2.48. The summed E-state index contributed by atoms with van der Waals surface area (Å²) in [7, 11) is 0. The molecule has 1 fully saturated rings. The number of carbonyl (C=O) groups excluding carboxylic acids is 1. The Bertz CT molecular complexity index is 993. The average molecular weight is 447 g/mol.